The maximum absolute atomic E-state index is 12.5. The molecule has 0 N–H and O–H groups in total. The van der Waals surface area contributed by atoms with Gasteiger partial charge in [0.1, 0.15) is 21.4 Å². The lowest BCUT2D eigenvalue weighted by Crippen LogP contribution is -2.44. The Balaban J connectivity index is 1.56. The Bertz CT molecular complexity index is 1710. The fourth-order valence-electron chi connectivity index (χ4n) is 5.00. The van der Waals surface area contributed by atoms with Gasteiger partial charge in [-0.15, -0.1) is 0 Å². The van der Waals surface area contributed by atoms with Crippen LogP contribution in [0.1, 0.15) is 31.7 Å². The van der Waals surface area contributed by atoms with E-state index in [1.54, 1.807) is 41.3 Å². The first-order chi connectivity index (χ1) is 19.1. The predicted molar refractivity (Wildman–Crippen MR) is 158 cm³/mol. The molecule has 2 aromatic carbocycles. The van der Waals surface area contributed by atoms with E-state index in [0.29, 0.717) is 11.1 Å². The molecule has 1 aliphatic carbocycles. The van der Waals surface area contributed by atoms with Crippen LogP contribution in [0.4, 0.5) is 5.69 Å². The lowest BCUT2D eigenvalue weighted by Gasteiger charge is -2.39. The van der Waals surface area contributed by atoms with Crippen molar-refractivity contribution in [2.24, 2.45) is 0 Å². The van der Waals surface area contributed by atoms with Crippen LogP contribution in [0, 0.1) is 0 Å². The van der Waals surface area contributed by atoms with Gasteiger partial charge in [-0.1, -0.05) is 65.6 Å². The number of anilines is 1. The monoisotopic (exact) mass is 615 g/mol. The van der Waals surface area contributed by atoms with E-state index >= 15 is 0 Å². The number of thiazole rings is 1. The Morgan fingerprint density at radius 3 is 2.58 bits per heavy atom. The minimum Gasteiger partial charge on any atom is -0.750 e. The van der Waals surface area contributed by atoms with E-state index in [4.69, 9.17) is 4.18 Å². The van der Waals surface area contributed by atoms with Gasteiger partial charge in [0.25, 0.3) is 5.01 Å². The molecule has 0 saturated carbocycles. The van der Waals surface area contributed by atoms with Crippen LogP contribution in [0.15, 0.2) is 93.9 Å². The topological polar surface area (TPSA) is 114 Å². The molecule has 1 aromatic heterocycles. The number of nitrogens with zero attached hydrogens (tertiary/aromatic N) is 2. The van der Waals surface area contributed by atoms with Gasteiger partial charge in [0.2, 0.25) is 5.52 Å². The summed E-state index contributed by atoms with van der Waals surface area (Å²) in [6.07, 6.45) is 8.19. The SMILES string of the molecule is CCN1/C(=C/C=C2C=C(/C=C/c3sc4ccccc4[n+]3CC)CC(OS(=O)[O-])(S(=O)(=O)[O-])C/2)Sc2ccccc21. The zero-order valence-corrected chi connectivity index (χ0v) is 25.1. The first-order valence-corrected chi connectivity index (χ1v) is 16.7. The number of thioether (sulfide) groups is 1. The van der Waals surface area contributed by atoms with Gasteiger partial charge in [-0.25, -0.2) is 12.6 Å². The lowest BCUT2D eigenvalue weighted by molar-refractivity contribution is -0.665. The molecule has 2 atom stereocenters. The third-order valence-electron chi connectivity index (χ3n) is 6.78. The van der Waals surface area contributed by atoms with Gasteiger partial charge >= 0.3 is 0 Å². The Labute approximate surface area is 244 Å². The van der Waals surface area contributed by atoms with Crippen molar-refractivity contribution in [3.05, 3.63) is 94.0 Å². The van der Waals surface area contributed by atoms with E-state index in [2.05, 4.69) is 9.47 Å². The zero-order chi connectivity index (χ0) is 28.5. The molecular formula is C28H27N2O6S4-. The van der Waals surface area contributed by atoms with Gasteiger partial charge in [-0.2, -0.15) is 4.57 Å². The van der Waals surface area contributed by atoms with Crippen LogP contribution < -0.4 is 9.47 Å². The molecule has 5 rings (SSSR count). The molecule has 0 radical (unpaired) electrons. The molecule has 2 unspecified atom stereocenters. The normalized spacial score (nSPS) is 22.4. The van der Waals surface area contributed by atoms with Crippen molar-refractivity contribution in [2.45, 2.75) is 43.1 Å². The average Bonchev–Trinajstić information content (AvgIpc) is 3.46. The molecule has 210 valence electrons. The van der Waals surface area contributed by atoms with Crippen molar-refractivity contribution in [2.75, 3.05) is 11.4 Å². The van der Waals surface area contributed by atoms with Gasteiger partial charge in [0.05, 0.1) is 22.1 Å². The number of para-hydroxylation sites is 2. The highest BCUT2D eigenvalue weighted by atomic mass is 32.2. The maximum atomic E-state index is 12.5. The summed E-state index contributed by atoms with van der Waals surface area (Å²) in [4.78, 5) is 0.761. The minimum atomic E-state index is -5.18. The van der Waals surface area contributed by atoms with E-state index < -0.39 is 39.3 Å². The molecule has 0 spiro atoms. The van der Waals surface area contributed by atoms with Crippen molar-refractivity contribution in [3.63, 3.8) is 0 Å². The maximum Gasteiger partial charge on any atom is 0.262 e. The van der Waals surface area contributed by atoms with Crippen LogP contribution in [0.25, 0.3) is 16.3 Å². The summed E-state index contributed by atoms with van der Waals surface area (Å²) < 4.78 is 68.7. The summed E-state index contributed by atoms with van der Waals surface area (Å²) in [6, 6.07) is 16.0. The minimum absolute atomic E-state index is 0.393. The fourth-order valence-corrected chi connectivity index (χ4v) is 8.81. The molecule has 0 amide bonds. The molecule has 2 heterocycles. The number of fused-ring (bicyclic) bond motifs is 2. The Kier molecular flexibility index (Phi) is 8.48. The first kappa shape index (κ1) is 28.9. The molecule has 1 aliphatic heterocycles. The number of benzene rings is 2. The van der Waals surface area contributed by atoms with Crippen molar-refractivity contribution >= 4 is 66.6 Å². The van der Waals surface area contributed by atoms with Crippen molar-refractivity contribution in [1.82, 2.24) is 0 Å². The van der Waals surface area contributed by atoms with Crippen LogP contribution in [0.3, 0.4) is 0 Å². The number of allylic oxidation sites excluding steroid dienone is 4. The van der Waals surface area contributed by atoms with Crippen LogP contribution in [-0.4, -0.2) is 33.2 Å². The van der Waals surface area contributed by atoms with Crippen LogP contribution in [0.2, 0.25) is 0 Å². The Morgan fingerprint density at radius 1 is 1.10 bits per heavy atom. The average molecular weight is 616 g/mol. The number of aromatic nitrogens is 1. The molecule has 3 aromatic rings. The lowest BCUT2D eigenvalue weighted by atomic mass is 9.91. The molecule has 8 nitrogen and oxygen atoms in total. The molecule has 0 bridgehead atoms. The molecular weight excluding hydrogens is 589 g/mol. The molecule has 12 heteroatoms. The van der Waals surface area contributed by atoms with Gasteiger partial charge in [0, 0.05) is 36.4 Å². The third kappa shape index (κ3) is 5.75. The fraction of sp³-hybridized carbons (Fsp3) is 0.250. The van der Waals surface area contributed by atoms with Crippen molar-refractivity contribution in [1.29, 1.82) is 0 Å². The van der Waals surface area contributed by atoms with E-state index in [-0.39, 0.29) is 0 Å². The molecule has 40 heavy (non-hydrogen) atoms. The smallest absolute Gasteiger partial charge is 0.262 e. The van der Waals surface area contributed by atoms with E-state index in [0.717, 1.165) is 43.9 Å². The van der Waals surface area contributed by atoms with Gasteiger partial charge in [-0.3, -0.25) is 4.18 Å². The quantitative estimate of drug-likeness (QED) is 0.188. The van der Waals surface area contributed by atoms with Crippen LogP contribution >= 0.6 is 23.1 Å². The molecule has 2 aliphatic rings. The number of hydrogen-bond acceptors (Lipinski definition) is 9. The first-order valence-electron chi connectivity index (χ1n) is 12.6. The summed E-state index contributed by atoms with van der Waals surface area (Å²) in [7, 11) is -5.18. The van der Waals surface area contributed by atoms with E-state index in [1.165, 1.54) is 0 Å². The van der Waals surface area contributed by atoms with Gasteiger partial charge < -0.3 is 14.0 Å². The Hall–Kier alpha value is -2.58. The summed E-state index contributed by atoms with van der Waals surface area (Å²) in [5, 5.41) is 1.87. The summed E-state index contributed by atoms with van der Waals surface area (Å²) in [5.74, 6) is 0. The van der Waals surface area contributed by atoms with E-state index in [1.807, 2.05) is 74.5 Å². The Morgan fingerprint density at radius 2 is 1.85 bits per heavy atom. The van der Waals surface area contributed by atoms with Gasteiger partial charge in [-0.05, 0) is 49.3 Å². The molecule has 0 fully saturated rings. The summed E-state index contributed by atoms with van der Waals surface area (Å²) in [6.45, 7) is 5.53. The van der Waals surface area contributed by atoms with Crippen molar-refractivity contribution in [3.8, 4) is 0 Å². The molecule has 0 saturated heterocycles. The highest BCUT2D eigenvalue weighted by molar-refractivity contribution is 8.03. The second-order valence-electron chi connectivity index (χ2n) is 9.27. The van der Waals surface area contributed by atoms with Gasteiger partial charge in [0.15, 0.2) is 4.93 Å². The summed E-state index contributed by atoms with van der Waals surface area (Å²) >= 11 is -0.0431. The van der Waals surface area contributed by atoms with Crippen molar-refractivity contribution < 1.29 is 30.5 Å². The van der Waals surface area contributed by atoms with E-state index in [9.17, 15) is 21.7 Å². The standard InChI is InChI=1S/C28H28N2O6S4/c1-3-29-22-9-5-7-11-24(22)37-26(29)15-13-20-17-21(19-28(18-20,36-39(31)32)40(33,34)35)14-16-27-30(4-2)23-10-6-8-12-25(23)38-27/h5-17H,3-4,18-19H2,1-2H3,(H-,31,32,33,34,35)/p-1. The largest absolute Gasteiger partial charge is 0.750 e. The second-order valence-corrected chi connectivity index (χ2v) is 13.6. The predicted octanol–water partition coefficient (Wildman–Crippen LogP) is 5.39. The number of rotatable bonds is 8. The number of hydrogen-bond donors (Lipinski definition) is 0. The van der Waals surface area contributed by atoms with Crippen LogP contribution in [-0.2, 0) is 32.2 Å². The highest BCUT2D eigenvalue weighted by Crippen LogP contribution is 2.46. The number of aryl methyl sites for hydroxylation is 1. The summed E-state index contributed by atoms with van der Waals surface area (Å²) in [5.41, 5.74) is 3.10. The third-order valence-corrected chi connectivity index (χ3v) is 10.9. The highest BCUT2D eigenvalue weighted by Gasteiger charge is 2.43. The van der Waals surface area contributed by atoms with Crippen LogP contribution in [0.5, 0.6) is 0 Å². The second kappa shape index (κ2) is 11.7. The zero-order valence-electron chi connectivity index (χ0n) is 21.8.